The number of phenolic OH excluding ortho intramolecular Hbond substituents is 1. The summed E-state index contributed by atoms with van der Waals surface area (Å²) in [5.74, 6) is 0.957. The lowest BCUT2D eigenvalue weighted by atomic mass is 9.94. The average Bonchev–Trinajstić information content (AvgIpc) is 3.48. The maximum absolute atomic E-state index is 12.8. The molecule has 0 radical (unpaired) electrons. The number of nitrogens with zero attached hydrogens (tertiary/aromatic N) is 1. The van der Waals surface area contributed by atoms with Crippen LogP contribution in [0.2, 0.25) is 0 Å². The molecule has 0 spiro atoms. The first kappa shape index (κ1) is 19.6. The van der Waals surface area contributed by atoms with Crippen molar-refractivity contribution in [2.24, 2.45) is 5.92 Å². The van der Waals surface area contributed by atoms with E-state index in [1.165, 1.54) is 18.4 Å². The highest BCUT2D eigenvalue weighted by Gasteiger charge is 2.48. The van der Waals surface area contributed by atoms with Crippen LogP contribution in [0.5, 0.6) is 5.75 Å². The molecule has 1 heterocycles. The summed E-state index contributed by atoms with van der Waals surface area (Å²) in [6.45, 7) is 1.92. The van der Waals surface area contributed by atoms with Crippen LogP contribution in [0, 0.1) is 5.92 Å². The van der Waals surface area contributed by atoms with Crippen molar-refractivity contribution < 1.29 is 14.6 Å². The van der Waals surface area contributed by atoms with Crippen LogP contribution in [0.15, 0.2) is 48.5 Å². The minimum atomic E-state index is -0.211. The number of esters is 1. The molecular weight excluding hydrogens is 374 g/mol. The molecule has 30 heavy (non-hydrogen) atoms. The SMILES string of the molecule is O=C(Cc1cccc(C2CCCC2)c1O)OC1C2CCC1N(Cc1ccccc1)C2. The zero-order chi connectivity index (χ0) is 20.5. The quantitative estimate of drug-likeness (QED) is 0.702. The van der Waals surface area contributed by atoms with E-state index < -0.39 is 0 Å². The summed E-state index contributed by atoms with van der Waals surface area (Å²) in [5, 5.41) is 10.8. The van der Waals surface area contributed by atoms with E-state index in [1.807, 2.05) is 24.3 Å². The first-order valence-electron chi connectivity index (χ1n) is 11.5. The van der Waals surface area contributed by atoms with Gasteiger partial charge in [-0.15, -0.1) is 0 Å². The van der Waals surface area contributed by atoms with Gasteiger partial charge in [0.05, 0.1) is 6.42 Å². The minimum Gasteiger partial charge on any atom is -0.507 e. The molecule has 2 aromatic carbocycles. The van der Waals surface area contributed by atoms with Crippen LogP contribution < -0.4 is 0 Å². The molecule has 2 saturated carbocycles. The topological polar surface area (TPSA) is 49.8 Å². The fraction of sp³-hybridized carbons (Fsp3) is 0.500. The highest BCUT2D eigenvalue weighted by atomic mass is 16.5. The Morgan fingerprint density at radius 2 is 1.80 bits per heavy atom. The largest absolute Gasteiger partial charge is 0.507 e. The number of aromatic hydroxyl groups is 1. The van der Waals surface area contributed by atoms with Gasteiger partial charge >= 0.3 is 5.97 Å². The molecule has 2 bridgehead atoms. The first-order chi connectivity index (χ1) is 14.7. The summed E-state index contributed by atoms with van der Waals surface area (Å²) in [6.07, 6.45) is 7.07. The van der Waals surface area contributed by atoms with E-state index in [0.717, 1.165) is 44.3 Å². The molecule has 1 N–H and O–H groups in total. The van der Waals surface area contributed by atoms with E-state index in [0.29, 0.717) is 29.2 Å². The van der Waals surface area contributed by atoms with Crippen LogP contribution in [-0.4, -0.2) is 34.7 Å². The maximum atomic E-state index is 12.8. The Morgan fingerprint density at radius 1 is 1.00 bits per heavy atom. The van der Waals surface area contributed by atoms with Gasteiger partial charge in [0.15, 0.2) is 0 Å². The third-order valence-electron chi connectivity index (χ3n) is 7.39. The van der Waals surface area contributed by atoms with E-state index in [1.54, 1.807) is 0 Å². The third-order valence-corrected chi connectivity index (χ3v) is 7.39. The Hall–Kier alpha value is -2.33. The van der Waals surface area contributed by atoms with Gasteiger partial charge in [0.1, 0.15) is 11.9 Å². The van der Waals surface area contributed by atoms with Gasteiger partial charge in [-0.05, 0) is 42.7 Å². The molecular formula is C26H31NO3. The van der Waals surface area contributed by atoms with Crippen LogP contribution in [0.3, 0.4) is 0 Å². The number of para-hydroxylation sites is 1. The summed E-state index contributed by atoms with van der Waals surface area (Å²) in [4.78, 5) is 15.3. The lowest BCUT2D eigenvalue weighted by Gasteiger charge is -2.26. The number of carbonyl (C=O) groups excluding carboxylic acids is 1. The van der Waals surface area contributed by atoms with Gasteiger partial charge in [0.25, 0.3) is 0 Å². The summed E-state index contributed by atoms with van der Waals surface area (Å²) in [6, 6.07) is 16.7. The molecule has 1 aliphatic heterocycles. The second kappa shape index (κ2) is 8.43. The minimum absolute atomic E-state index is 0.0126. The van der Waals surface area contributed by atoms with Gasteiger partial charge in [-0.3, -0.25) is 9.69 Å². The van der Waals surface area contributed by atoms with Crippen molar-refractivity contribution in [2.45, 2.75) is 69.6 Å². The molecule has 1 saturated heterocycles. The molecule has 5 rings (SSSR count). The molecule has 0 aromatic heterocycles. The molecule has 4 heteroatoms. The van der Waals surface area contributed by atoms with Gasteiger partial charge in [-0.1, -0.05) is 61.4 Å². The van der Waals surface area contributed by atoms with Crippen LogP contribution >= 0.6 is 0 Å². The normalized spacial score (nSPS) is 26.3. The number of piperidine rings is 1. The van der Waals surface area contributed by atoms with Crippen LogP contribution in [0.1, 0.15) is 61.1 Å². The average molecular weight is 406 g/mol. The fourth-order valence-electron chi connectivity index (χ4n) is 5.89. The molecule has 2 aromatic rings. The summed E-state index contributed by atoms with van der Waals surface area (Å²) in [5.41, 5.74) is 3.02. The summed E-state index contributed by atoms with van der Waals surface area (Å²) < 4.78 is 6.00. The predicted molar refractivity (Wildman–Crippen MR) is 116 cm³/mol. The van der Waals surface area contributed by atoms with Crippen LogP contribution in [0.25, 0.3) is 0 Å². The number of phenols is 1. The molecule has 3 aliphatic rings. The van der Waals surface area contributed by atoms with Crippen molar-refractivity contribution in [3.63, 3.8) is 0 Å². The third kappa shape index (κ3) is 3.85. The zero-order valence-corrected chi connectivity index (χ0v) is 17.5. The van der Waals surface area contributed by atoms with Gasteiger partial charge in [0, 0.05) is 30.6 Å². The highest BCUT2D eigenvalue weighted by molar-refractivity contribution is 5.74. The molecule has 3 atom stereocenters. The lowest BCUT2D eigenvalue weighted by Crippen LogP contribution is -2.35. The van der Waals surface area contributed by atoms with Crippen molar-refractivity contribution in [1.29, 1.82) is 0 Å². The lowest BCUT2D eigenvalue weighted by molar-refractivity contribution is -0.149. The van der Waals surface area contributed by atoms with Gasteiger partial charge < -0.3 is 9.84 Å². The van der Waals surface area contributed by atoms with Gasteiger partial charge in [-0.2, -0.15) is 0 Å². The van der Waals surface area contributed by atoms with E-state index in [2.05, 4.69) is 29.2 Å². The van der Waals surface area contributed by atoms with Crippen molar-refractivity contribution in [1.82, 2.24) is 4.90 Å². The van der Waals surface area contributed by atoms with Gasteiger partial charge in [0.2, 0.25) is 0 Å². The zero-order valence-electron chi connectivity index (χ0n) is 17.5. The van der Waals surface area contributed by atoms with Crippen molar-refractivity contribution in [2.75, 3.05) is 6.54 Å². The van der Waals surface area contributed by atoms with Gasteiger partial charge in [-0.25, -0.2) is 0 Å². The Labute approximate surface area is 178 Å². The Bertz CT molecular complexity index is 890. The van der Waals surface area contributed by atoms with E-state index in [-0.39, 0.29) is 18.5 Å². The van der Waals surface area contributed by atoms with Crippen LogP contribution in [0.4, 0.5) is 0 Å². The molecule has 2 aliphatic carbocycles. The number of ether oxygens (including phenoxy) is 1. The number of likely N-dealkylation sites (tertiary alicyclic amines) is 1. The molecule has 4 nitrogen and oxygen atoms in total. The smallest absolute Gasteiger partial charge is 0.310 e. The number of carbonyl (C=O) groups is 1. The predicted octanol–water partition coefficient (Wildman–Crippen LogP) is 4.80. The standard InChI is InChI=1S/C26H31NO3/c28-24(15-20-11-6-12-22(25(20)29)19-9-4-5-10-19)30-26-21-13-14-23(26)27(17-21)16-18-7-2-1-3-8-18/h1-3,6-8,11-12,19,21,23,26,29H,4-5,9-10,13-17H2. The Kier molecular flexibility index (Phi) is 5.51. The number of fused-ring (bicyclic) bond motifs is 2. The van der Waals surface area contributed by atoms with Crippen LogP contribution in [-0.2, 0) is 22.5 Å². The molecule has 158 valence electrons. The second-order valence-electron chi connectivity index (χ2n) is 9.29. The number of rotatable bonds is 6. The van der Waals surface area contributed by atoms with Crippen molar-refractivity contribution in [3.05, 3.63) is 65.2 Å². The van der Waals surface area contributed by atoms with Crippen molar-refractivity contribution >= 4 is 5.97 Å². The van der Waals surface area contributed by atoms with E-state index in [4.69, 9.17) is 4.74 Å². The fourth-order valence-corrected chi connectivity index (χ4v) is 5.89. The monoisotopic (exact) mass is 405 g/mol. The summed E-state index contributed by atoms with van der Waals surface area (Å²) in [7, 11) is 0. The van der Waals surface area contributed by atoms with Crippen molar-refractivity contribution in [3.8, 4) is 5.75 Å². The van der Waals surface area contributed by atoms with E-state index in [9.17, 15) is 9.90 Å². The Balaban J connectivity index is 1.23. The first-order valence-corrected chi connectivity index (χ1v) is 11.5. The molecule has 3 fully saturated rings. The van der Waals surface area contributed by atoms with E-state index >= 15 is 0 Å². The molecule has 0 amide bonds. The molecule has 3 unspecified atom stereocenters. The number of benzene rings is 2. The maximum Gasteiger partial charge on any atom is 0.310 e. The second-order valence-corrected chi connectivity index (χ2v) is 9.29. The number of hydrogen-bond donors (Lipinski definition) is 1. The number of hydrogen-bond acceptors (Lipinski definition) is 4. The Morgan fingerprint density at radius 3 is 2.60 bits per heavy atom. The highest BCUT2D eigenvalue weighted by Crippen LogP contribution is 2.42. The summed E-state index contributed by atoms with van der Waals surface area (Å²) >= 11 is 0.